The standard InChI is InChI=1S/C17H18Cl2N2O/c1-3-16(20-2)17(22)21-13-7-4-11(5-8-13)12-6-9-14(18)15(19)10-12/h4-10,16,20H,3H2,1-2H3,(H,21,22)/t16-/m0/s1. The Morgan fingerprint density at radius 2 is 1.68 bits per heavy atom. The minimum Gasteiger partial charge on any atom is -0.325 e. The molecule has 0 spiro atoms. The highest BCUT2D eigenvalue weighted by Gasteiger charge is 2.13. The summed E-state index contributed by atoms with van der Waals surface area (Å²) in [6.45, 7) is 1.97. The van der Waals surface area contributed by atoms with Crippen molar-refractivity contribution in [2.45, 2.75) is 19.4 Å². The maximum absolute atomic E-state index is 12.0. The van der Waals surface area contributed by atoms with E-state index in [2.05, 4.69) is 10.6 Å². The molecule has 0 aliphatic carbocycles. The molecule has 2 rings (SSSR count). The third-order valence-electron chi connectivity index (χ3n) is 3.48. The highest BCUT2D eigenvalue weighted by atomic mass is 35.5. The Labute approximate surface area is 140 Å². The van der Waals surface area contributed by atoms with Gasteiger partial charge >= 0.3 is 0 Å². The third kappa shape index (κ3) is 4.01. The number of nitrogens with one attached hydrogen (secondary N) is 2. The summed E-state index contributed by atoms with van der Waals surface area (Å²) in [5, 5.41) is 6.93. The van der Waals surface area contributed by atoms with E-state index in [1.54, 1.807) is 13.1 Å². The molecule has 2 aromatic carbocycles. The first-order chi connectivity index (χ1) is 10.5. The molecule has 5 heteroatoms. The number of rotatable bonds is 5. The van der Waals surface area contributed by atoms with Gasteiger partial charge in [0.1, 0.15) is 0 Å². The second kappa shape index (κ2) is 7.63. The molecule has 1 atom stereocenters. The SMILES string of the molecule is CC[C@H](NC)C(=O)Nc1ccc(-c2ccc(Cl)c(Cl)c2)cc1. The van der Waals surface area contributed by atoms with Gasteiger partial charge in [-0.3, -0.25) is 4.79 Å². The van der Waals surface area contributed by atoms with Crippen molar-refractivity contribution in [3.05, 3.63) is 52.5 Å². The quantitative estimate of drug-likeness (QED) is 0.837. The van der Waals surface area contributed by atoms with Crippen LogP contribution in [-0.4, -0.2) is 19.0 Å². The topological polar surface area (TPSA) is 41.1 Å². The van der Waals surface area contributed by atoms with Crippen molar-refractivity contribution >= 4 is 34.8 Å². The van der Waals surface area contributed by atoms with E-state index < -0.39 is 0 Å². The first kappa shape index (κ1) is 16.8. The molecule has 0 fully saturated rings. The van der Waals surface area contributed by atoms with Crippen LogP contribution in [0.2, 0.25) is 10.0 Å². The molecular formula is C17H18Cl2N2O. The van der Waals surface area contributed by atoms with Gasteiger partial charge in [-0.15, -0.1) is 0 Å². The van der Waals surface area contributed by atoms with E-state index in [9.17, 15) is 4.79 Å². The fourth-order valence-electron chi connectivity index (χ4n) is 2.17. The van der Waals surface area contributed by atoms with Crippen LogP contribution in [0, 0.1) is 0 Å². The molecule has 0 aliphatic heterocycles. The van der Waals surface area contributed by atoms with Crippen molar-refractivity contribution < 1.29 is 4.79 Å². The molecule has 0 aromatic heterocycles. The Morgan fingerprint density at radius 1 is 1.05 bits per heavy atom. The van der Waals surface area contributed by atoms with Gasteiger partial charge in [0.25, 0.3) is 0 Å². The van der Waals surface area contributed by atoms with Crippen molar-refractivity contribution in [1.82, 2.24) is 5.32 Å². The Balaban J connectivity index is 2.13. The van der Waals surface area contributed by atoms with E-state index in [1.807, 2.05) is 43.3 Å². The fraction of sp³-hybridized carbons (Fsp3) is 0.235. The summed E-state index contributed by atoms with van der Waals surface area (Å²) in [5.74, 6) is -0.0349. The van der Waals surface area contributed by atoms with Gasteiger partial charge in [-0.2, -0.15) is 0 Å². The van der Waals surface area contributed by atoms with Crippen molar-refractivity contribution in [2.24, 2.45) is 0 Å². The normalized spacial score (nSPS) is 12.0. The number of anilines is 1. The van der Waals surface area contributed by atoms with Gasteiger partial charge in [0.2, 0.25) is 5.91 Å². The Morgan fingerprint density at radius 3 is 2.23 bits per heavy atom. The molecule has 0 saturated carbocycles. The lowest BCUT2D eigenvalue weighted by atomic mass is 10.1. The van der Waals surface area contributed by atoms with Crippen molar-refractivity contribution in [3.63, 3.8) is 0 Å². The van der Waals surface area contributed by atoms with Gasteiger partial charge in [0, 0.05) is 5.69 Å². The Hall–Kier alpha value is -1.55. The average molecular weight is 337 g/mol. The highest BCUT2D eigenvalue weighted by Crippen LogP contribution is 2.29. The molecule has 0 saturated heterocycles. The molecule has 0 radical (unpaired) electrons. The predicted molar refractivity (Wildman–Crippen MR) is 93.7 cm³/mol. The summed E-state index contributed by atoms with van der Waals surface area (Å²) >= 11 is 12.0. The fourth-order valence-corrected chi connectivity index (χ4v) is 2.47. The van der Waals surface area contributed by atoms with Crippen LogP contribution in [0.5, 0.6) is 0 Å². The first-order valence-electron chi connectivity index (χ1n) is 7.08. The lowest BCUT2D eigenvalue weighted by Crippen LogP contribution is -2.37. The molecule has 0 aliphatic rings. The van der Waals surface area contributed by atoms with Crippen LogP contribution in [0.3, 0.4) is 0 Å². The molecule has 0 bridgehead atoms. The highest BCUT2D eigenvalue weighted by molar-refractivity contribution is 6.42. The van der Waals surface area contributed by atoms with Crippen molar-refractivity contribution in [2.75, 3.05) is 12.4 Å². The maximum atomic E-state index is 12.0. The van der Waals surface area contributed by atoms with Gasteiger partial charge in [-0.05, 0) is 48.9 Å². The number of likely N-dealkylation sites (N-methyl/N-ethyl adjacent to an activating group) is 1. The largest absolute Gasteiger partial charge is 0.325 e. The molecule has 2 N–H and O–H groups in total. The lowest BCUT2D eigenvalue weighted by molar-refractivity contribution is -0.118. The lowest BCUT2D eigenvalue weighted by Gasteiger charge is -2.14. The average Bonchev–Trinajstić information content (AvgIpc) is 2.52. The van der Waals surface area contributed by atoms with E-state index in [1.165, 1.54) is 0 Å². The monoisotopic (exact) mass is 336 g/mol. The van der Waals surface area contributed by atoms with E-state index in [4.69, 9.17) is 23.2 Å². The number of halogens is 2. The first-order valence-corrected chi connectivity index (χ1v) is 7.84. The van der Waals surface area contributed by atoms with Crippen LogP contribution in [-0.2, 0) is 4.79 Å². The van der Waals surface area contributed by atoms with Gasteiger partial charge in [-0.1, -0.05) is 48.3 Å². The van der Waals surface area contributed by atoms with Gasteiger partial charge < -0.3 is 10.6 Å². The zero-order valence-electron chi connectivity index (χ0n) is 12.5. The summed E-state index contributed by atoms with van der Waals surface area (Å²) in [6.07, 6.45) is 0.740. The minimum absolute atomic E-state index is 0.0349. The molecule has 0 heterocycles. The molecule has 0 unspecified atom stereocenters. The number of amides is 1. The predicted octanol–water partition coefficient (Wildman–Crippen LogP) is 4.60. The molecular weight excluding hydrogens is 319 g/mol. The van der Waals surface area contributed by atoms with Gasteiger partial charge in [0.15, 0.2) is 0 Å². The molecule has 2 aromatic rings. The van der Waals surface area contributed by atoms with Crippen LogP contribution in [0.4, 0.5) is 5.69 Å². The second-order valence-electron chi connectivity index (χ2n) is 4.94. The van der Waals surface area contributed by atoms with Gasteiger partial charge in [0.05, 0.1) is 16.1 Å². The van der Waals surface area contributed by atoms with E-state index in [0.29, 0.717) is 10.0 Å². The van der Waals surface area contributed by atoms with Crippen LogP contribution >= 0.6 is 23.2 Å². The molecule has 22 heavy (non-hydrogen) atoms. The van der Waals surface area contributed by atoms with E-state index in [-0.39, 0.29) is 11.9 Å². The van der Waals surface area contributed by atoms with Gasteiger partial charge in [-0.25, -0.2) is 0 Å². The zero-order valence-corrected chi connectivity index (χ0v) is 14.0. The minimum atomic E-state index is -0.185. The molecule has 3 nitrogen and oxygen atoms in total. The number of hydrogen-bond donors (Lipinski definition) is 2. The zero-order chi connectivity index (χ0) is 16.1. The molecule has 116 valence electrons. The molecule has 1 amide bonds. The van der Waals surface area contributed by atoms with Crippen LogP contribution < -0.4 is 10.6 Å². The van der Waals surface area contributed by atoms with Crippen LogP contribution in [0.1, 0.15) is 13.3 Å². The van der Waals surface area contributed by atoms with Crippen molar-refractivity contribution in [3.8, 4) is 11.1 Å². The summed E-state index contributed by atoms with van der Waals surface area (Å²) in [5.41, 5.74) is 2.76. The van der Waals surface area contributed by atoms with Crippen LogP contribution in [0.25, 0.3) is 11.1 Å². The number of hydrogen-bond acceptors (Lipinski definition) is 2. The summed E-state index contributed by atoms with van der Waals surface area (Å²) in [6, 6.07) is 12.9. The van der Waals surface area contributed by atoms with E-state index in [0.717, 1.165) is 23.2 Å². The second-order valence-corrected chi connectivity index (χ2v) is 5.76. The van der Waals surface area contributed by atoms with E-state index >= 15 is 0 Å². The number of carbonyl (C=O) groups excluding carboxylic acids is 1. The third-order valence-corrected chi connectivity index (χ3v) is 4.22. The maximum Gasteiger partial charge on any atom is 0.241 e. The summed E-state index contributed by atoms with van der Waals surface area (Å²) < 4.78 is 0. The van der Waals surface area contributed by atoms with Crippen LogP contribution in [0.15, 0.2) is 42.5 Å². The smallest absolute Gasteiger partial charge is 0.241 e. The Kier molecular flexibility index (Phi) is 5.83. The number of benzene rings is 2. The summed E-state index contributed by atoms with van der Waals surface area (Å²) in [7, 11) is 1.78. The van der Waals surface area contributed by atoms with Crippen molar-refractivity contribution in [1.29, 1.82) is 0 Å². The summed E-state index contributed by atoms with van der Waals surface area (Å²) in [4.78, 5) is 12.0. The number of carbonyl (C=O) groups is 1. The Bertz CT molecular complexity index is 652.